The normalized spacial score (nSPS) is 20.8. The molecule has 1 amide bonds. The van der Waals surface area contributed by atoms with Gasteiger partial charge in [-0.3, -0.25) is 4.79 Å². The number of benzene rings is 1. The van der Waals surface area contributed by atoms with E-state index >= 15 is 0 Å². The summed E-state index contributed by atoms with van der Waals surface area (Å²) in [5.41, 5.74) is 2.19. The van der Waals surface area contributed by atoms with Gasteiger partial charge in [-0.2, -0.15) is 0 Å². The van der Waals surface area contributed by atoms with Gasteiger partial charge in [0.1, 0.15) is 0 Å². The number of likely N-dealkylation sites (N-methyl/N-ethyl adjacent to an activating group) is 1. The second kappa shape index (κ2) is 6.67. The highest BCUT2D eigenvalue weighted by Crippen LogP contribution is 2.30. The van der Waals surface area contributed by atoms with Crippen LogP contribution in [-0.4, -0.2) is 60.1 Å². The fraction of sp³-hybridized carbons (Fsp3) is 0.421. The fourth-order valence-corrected chi connectivity index (χ4v) is 4.32. The standard InChI is InChI=1S/C19H24N2O2S/c1-14-7-10-24-17(14)15-5-4-6-16(11-15)18(22)21-9-8-19(23,13-21)12-20(2)3/h4-7,10-11,23H,8-9,12-13H2,1-3H3. The molecule has 1 unspecified atom stereocenters. The number of aliphatic hydroxyl groups is 1. The molecule has 1 aliphatic heterocycles. The Morgan fingerprint density at radius 1 is 1.38 bits per heavy atom. The topological polar surface area (TPSA) is 43.8 Å². The molecule has 3 rings (SSSR count). The largest absolute Gasteiger partial charge is 0.387 e. The fourth-order valence-electron chi connectivity index (χ4n) is 3.39. The van der Waals surface area contributed by atoms with Crippen LogP contribution >= 0.6 is 11.3 Å². The Balaban J connectivity index is 1.78. The summed E-state index contributed by atoms with van der Waals surface area (Å²) in [6.07, 6.45) is 0.626. The van der Waals surface area contributed by atoms with Crippen LogP contribution in [0.3, 0.4) is 0 Å². The molecule has 4 nitrogen and oxygen atoms in total. The number of β-amino-alcohol motifs (C(OH)–C–C–N with tert-alkyl or cyclic N) is 1. The summed E-state index contributed by atoms with van der Waals surface area (Å²) in [7, 11) is 3.88. The van der Waals surface area contributed by atoms with Crippen LogP contribution in [0.2, 0.25) is 0 Å². The number of carbonyl (C=O) groups is 1. The third-order valence-corrected chi connectivity index (χ3v) is 5.53. The molecule has 1 aromatic carbocycles. The number of hydrogen-bond acceptors (Lipinski definition) is 4. The minimum absolute atomic E-state index is 0.000685. The molecule has 1 N–H and O–H groups in total. The van der Waals surface area contributed by atoms with Gasteiger partial charge in [0.05, 0.1) is 12.1 Å². The first-order valence-corrected chi connectivity index (χ1v) is 9.07. The van der Waals surface area contributed by atoms with E-state index in [9.17, 15) is 9.90 Å². The minimum atomic E-state index is -0.804. The highest BCUT2D eigenvalue weighted by molar-refractivity contribution is 7.13. The van der Waals surface area contributed by atoms with Crippen LogP contribution in [0.25, 0.3) is 10.4 Å². The third-order valence-electron chi connectivity index (χ3n) is 4.46. The summed E-state index contributed by atoms with van der Waals surface area (Å²) in [4.78, 5) is 17.8. The van der Waals surface area contributed by atoms with Gasteiger partial charge in [0.15, 0.2) is 0 Å². The molecule has 1 aromatic heterocycles. The lowest BCUT2D eigenvalue weighted by Gasteiger charge is -2.26. The first-order chi connectivity index (χ1) is 11.4. The maximum Gasteiger partial charge on any atom is 0.253 e. The second-order valence-corrected chi connectivity index (χ2v) is 7.87. The van der Waals surface area contributed by atoms with Gasteiger partial charge < -0.3 is 14.9 Å². The Morgan fingerprint density at radius 2 is 2.17 bits per heavy atom. The first kappa shape index (κ1) is 17.1. The first-order valence-electron chi connectivity index (χ1n) is 8.19. The lowest BCUT2D eigenvalue weighted by molar-refractivity contribution is 0.0236. The molecule has 1 atom stereocenters. The molecular formula is C19H24N2O2S. The molecule has 5 heteroatoms. The lowest BCUT2D eigenvalue weighted by atomic mass is 10.0. The number of thiophene rings is 1. The van der Waals surface area contributed by atoms with Crippen molar-refractivity contribution in [3.63, 3.8) is 0 Å². The van der Waals surface area contributed by atoms with E-state index in [1.54, 1.807) is 16.2 Å². The molecule has 0 bridgehead atoms. The van der Waals surface area contributed by atoms with E-state index in [1.165, 1.54) is 10.4 Å². The maximum atomic E-state index is 12.8. The molecule has 24 heavy (non-hydrogen) atoms. The number of rotatable bonds is 4. The molecular weight excluding hydrogens is 320 g/mol. The zero-order valence-electron chi connectivity index (χ0n) is 14.5. The van der Waals surface area contributed by atoms with Crippen molar-refractivity contribution in [2.45, 2.75) is 18.9 Å². The van der Waals surface area contributed by atoms with Crippen LogP contribution < -0.4 is 0 Å². The van der Waals surface area contributed by atoms with Crippen molar-refractivity contribution in [3.8, 4) is 10.4 Å². The van der Waals surface area contributed by atoms with Crippen LogP contribution in [-0.2, 0) is 0 Å². The van der Waals surface area contributed by atoms with Crippen molar-refractivity contribution in [3.05, 3.63) is 46.8 Å². The van der Waals surface area contributed by atoms with Crippen LogP contribution in [0.1, 0.15) is 22.3 Å². The maximum absolute atomic E-state index is 12.8. The summed E-state index contributed by atoms with van der Waals surface area (Å²) in [5.74, 6) is 0.000685. The van der Waals surface area contributed by atoms with Gasteiger partial charge in [-0.1, -0.05) is 12.1 Å². The monoisotopic (exact) mass is 344 g/mol. The SMILES string of the molecule is Cc1ccsc1-c1cccc(C(=O)N2CCC(O)(CN(C)C)C2)c1. The zero-order chi connectivity index (χ0) is 17.3. The molecule has 128 valence electrons. The Bertz CT molecular complexity index is 740. The van der Waals surface area contributed by atoms with Gasteiger partial charge in [-0.15, -0.1) is 11.3 Å². The quantitative estimate of drug-likeness (QED) is 0.927. The summed E-state index contributed by atoms with van der Waals surface area (Å²) in [6, 6.07) is 9.89. The van der Waals surface area contributed by atoms with Crippen molar-refractivity contribution in [2.24, 2.45) is 0 Å². The van der Waals surface area contributed by atoms with Crippen LogP contribution in [0.4, 0.5) is 0 Å². The van der Waals surface area contributed by atoms with Gasteiger partial charge in [-0.25, -0.2) is 0 Å². The highest BCUT2D eigenvalue weighted by Gasteiger charge is 2.38. The number of nitrogens with zero attached hydrogens (tertiary/aromatic N) is 2. The summed E-state index contributed by atoms with van der Waals surface area (Å²) < 4.78 is 0. The Morgan fingerprint density at radius 3 is 2.83 bits per heavy atom. The van der Waals surface area contributed by atoms with Gasteiger partial charge in [0.2, 0.25) is 0 Å². The van der Waals surface area contributed by atoms with Crippen molar-refractivity contribution in [1.29, 1.82) is 0 Å². The Labute approximate surface area is 147 Å². The number of aryl methyl sites for hydroxylation is 1. The Kier molecular flexibility index (Phi) is 4.76. The van der Waals surface area contributed by atoms with E-state index in [1.807, 2.05) is 43.3 Å². The van der Waals surface area contributed by atoms with E-state index in [4.69, 9.17) is 0 Å². The van der Waals surface area contributed by atoms with Crippen LogP contribution in [0.5, 0.6) is 0 Å². The van der Waals surface area contributed by atoms with Crippen molar-refractivity contribution >= 4 is 17.2 Å². The highest BCUT2D eigenvalue weighted by atomic mass is 32.1. The molecule has 1 fully saturated rings. The van der Waals surface area contributed by atoms with Crippen molar-refractivity contribution in [1.82, 2.24) is 9.80 Å². The number of likely N-dealkylation sites (tertiary alicyclic amines) is 1. The predicted octanol–water partition coefficient (Wildman–Crippen LogP) is 2.86. The van der Waals surface area contributed by atoms with Crippen molar-refractivity contribution in [2.75, 3.05) is 33.7 Å². The zero-order valence-corrected chi connectivity index (χ0v) is 15.3. The van der Waals surface area contributed by atoms with Gasteiger partial charge in [0.25, 0.3) is 5.91 Å². The van der Waals surface area contributed by atoms with E-state index in [-0.39, 0.29) is 5.91 Å². The summed E-state index contributed by atoms with van der Waals surface area (Å²) in [5, 5.41) is 12.7. The van der Waals surface area contributed by atoms with Crippen LogP contribution in [0.15, 0.2) is 35.7 Å². The van der Waals surface area contributed by atoms with E-state index in [2.05, 4.69) is 18.4 Å². The number of amides is 1. The third kappa shape index (κ3) is 3.53. The summed E-state index contributed by atoms with van der Waals surface area (Å²) >= 11 is 1.69. The van der Waals surface area contributed by atoms with Crippen LogP contribution in [0, 0.1) is 6.92 Å². The van der Waals surface area contributed by atoms with Gasteiger partial charge in [0, 0.05) is 23.5 Å². The van der Waals surface area contributed by atoms with E-state index in [0.29, 0.717) is 31.6 Å². The molecule has 2 heterocycles. The average Bonchev–Trinajstić information content (AvgIpc) is 3.12. The lowest BCUT2D eigenvalue weighted by Crippen LogP contribution is -2.43. The van der Waals surface area contributed by atoms with E-state index < -0.39 is 5.60 Å². The molecule has 0 saturated carbocycles. The molecule has 2 aromatic rings. The number of hydrogen-bond donors (Lipinski definition) is 1. The average molecular weight is 344 g/mol. The molecule has 1 saturated heterocycles. The Hall–Kier alpha value is -1.69. The molecule has 0 radical (unpaired) electrons. The van der Waals surface area contributed by atoms with Crippen molar-refractivity contribution < 1.29 is 9.90 Å². The molecule has 0 aliphatic carbocycles. The van der Waals surface area contributed by atoms with E-state index in [0.717, 1.165) is 5.56 Å². The minimum Gasteiger partial charge on any atom is -0.387 e. The smallest absolute Gasteiger partial charge is 0.253 e. The predicted molar refractivity (Wildman–Crippen MR) is 98.5 cm³/mol. The van der Waals surface area contributed by atoms with Gasteiger partial charge >= 0.3 is 0 Å². The molecule has 0 spiro atoms. The van der Waals surface area contributed by atoms with Gasteiger partial charge in [-0.05, 0) is 62.1 Å². The second-order valence-electron chi connectivity index (χ2n) is 6.95. The molecule has 1 aliphatic rings. The summed E-state index contributed by atoms with van der Waals surface area (Å²) in [6.45, 7) is 3.66. The number of carbonyl (C=O) groups excluding carboxylic acids is 1.